The molecule has 0 fully saturated rings. The number of rotatable bonds is 7. The molecule has 2 aromatic rings. The highest BCUT2D eigenvalue weighted by molar-refractivity contribution is 6.07. The third-order valence-electron chi connectivity index (χ3n) is 3.49. The van der Waals surface area contributed by atoms with Gasteiger partial charge in [-0.3, -0.25) is 4.79 Å². The first-order valence-corrected chi connectivity index (χ1v) is 7.29. The molecule has 0 amide bonds. The first-order chi connectivity index (χ1) is 11.6. The molecular formula is C19H20O5. The van der Waals surface area contributed by atoms with Crippen LogP contribution in [0.2, 0.25) is 0 Å². The minimum absolute atomic E-state index is 0.141. The highest BCUT2D eigenvalue weighted by atomic mass is 16.5. The minimum Gasteiger partial charge on any atom is -0.497 e. The average molecular weight is 328 g/mol. The maximum Gasteiger partial charge on any atom is 0.185 e. The molecule has 0 saturated carbocycles. The molecule has 0 N–H and O–H groups in total. The van der Waals surface area contributed by atoms with Crippen LogP contribution in [0.5, 0.6) is 23.0 Å². The summed E-state index contributed by atoms with van der Waals surface area (Å²) < 4.78 is 21.1. The maximum atomic E-state index is 12.3. The van der Waals surface area contributed by atoms with E-state index in [1.807, 2.05) is 0 Å². The van der Waals surface area contributed by atoms with Crippen molar-refractivity contribution in [3.8, 4) is 23.0 Å². The van der Waals surface area contributed by atoms with E-state index in [1.54, 1.807) is 70.9 Å². The van der Waals surface area contributed by atoms with Gasteiger partial charge in [-0.05, 0) is 30.4 Å². The molecule has 0 spiro atoms. The summed E-state index contributed by atoms with van der Waals surface area (Å²) in [5.41, 5.74) is 1.23. The van der Waals surface area contributed by atoms with Crippen molar-refractivity contribution in [2.75, 3.05) is 28.4 Å². The molecule has 126 valence electrons. The highest BCUT2D eigenvalue weighted by Gasteiger charge is 2.12. The van der Waals surface area contributed by atoms with E-state index in [0.29, 0.717) is 34.1 Å². The molecular weight excluding hydrogens is 308 g/mol. The Morgan fingerprint density at radius 3 is 2.25 bits per heavy atom. The number of allylic oxidation sites excluding steroid dienone is 1. The van der Waals surface area contributed by atoms with E-state index in [2.05, 4.69) is 0 Å². The first-order valence-electron chi connectivity index (χ1n) is 7.29. The Labute approximate surface area is 141 Å². The van der Waals surface area contributed by atoms with Crippen LogP contribution >= 0.6 is 0 Å². The van der Waals surface area contributed by atoms with Crippen molar-refractivity contribution in [3.05, 3.63) is 53.6 Å². The zero-order chi connectivity index (χ0) is 17.5. The summed E-state index contributed by atoms with van der Waals surface area (Å²) in [4.78, 5) is 12.3. The van der Waals surface area contributed by atoms with E-state index in [9.17, 15) is 4.79 Å². The van der Waals surface area contributed by atoms with Crippen molar-refractivity contribution < 1.29 is 23.7 Å². The Bertz CT molecular complexity index is 749. The number of hydrogen-bond donors (Lipinski definition) is 0. The van der Waals surface area contributed by atoms with Crippen LogP contribution in [0.1, 0.15) is 15.9 Å². The van der Waals surface area contributed by atoms with E-state index < -0.39 is 0 Å². The largest absolute Gasteiger partial charge is 0.497 e. The molecule has 0 atom stereocenters. The molecule has 0 heterocycles. The Morgan fingerprint density at radius 1 is 0.875 bits per heavy atom. The van der Waals surface area contributed by atoms with Crippen LogP contribution in [0.3, 0.4) is 0 Å². The van der Waals surface area contributed by atoms with Crippen molar-refractivity contribution in [2.24, 2.45) is 0 Å². The second kappa shape index (κ2) is 8.06. The maximum absolute atomic E-state index is 12.3. The number of carbonyl (C=O) groups is 1. The number of benzene rings is 2. The fraction of sp³-hybridized carbons (Fsp3) is 0.211. The van der Waals surface area contributed by atoms with Crippen molar-refractivity contribution >= 4 is 11.9 Å². The molecule has 24 heavy (non-hydrogen) atoms. The van der Waals surface area contributed by atoms with Gasteiger partial charge in [-0.1, -0.05) is 12.1 Å². The lowest BCUT2D eigenvalue weighted by Crippen LogP contribution is -1.97. The van der Waals surface area contributed by atoms with Gasteiger partial charge in [0.1, 0.15) is 11.5 Å². The lowest BCUT2D eigenvalue weighted by Gasteiger charge is -2.12. The third-order valence-corrected chi connectivity index (χ3v) is 3.49. The Hall–Kier alpha value is -2.95. The summed E-state index contributed by atoms with van der Waals surface area (Å²) in [6.45, 7) is 0. The van der Waals surface area contributed by atoms with Crippen LogP contribution in [0.25, 0.3) is 6.08 Å². The monoisotopic (exact) mass is 328 g/mol. The Morgan fingerprint density at radius 2 is 1.62 bits per heavy atom. The molecule has 2 rings (SSSR count). The van der Waals surface area contributed by atoms with Gasteiger partial charge in [0.2, 0.25) is 0 Å². The number of ether oxygens (including phenoxy) is 4. The molecule has 0 aliphatic rings. The minimum atomic E-state index is -0.141. The molecule has 0 radical (unpaired) electrons. The number of ketones is 1. The van der Waals surface area contributed by atoms with Gasteiger partial charge in [0.25, 0.3) is 0 Å². The molecule has 0 saturated heterocycles. The molecule has 0 aromatic heterocycles. The fourth-order valence-electron chi connectivity index (χ4n) is 2.25. The molecule has 5 nitrogen and oxygen atoms in total. The van der Waals surface area contributed by atoms with Crippen LogP contribution in [-0.2, 0) is 0 Å². The van der Waals surface area contributed by atoms with Crippen LogP contribution < -0.4 is 18.9 Å². The van der Waals surface area contributed by atoms with Crippen molar-refractivity contribution in [1.82, 2.24) is 0 Å². The van der Waals surface area contributed by atoms with Crippen LogP contribution in [0.15, 0.2) is 42.5 Å². The second-order valence-corrected chi connectivity index (χ2v) is 4.88. The lowest BCUT2D eigenvalue weighted by atomic mass is 10.1. The van der Waals surface area contributed by atoms with E-state index in [-0.39, 0.29) is 5.78 Å². The number of hydrogen-bond acceptors (Lipinski definition) is 5. The van der Waals surface area contributed by atoms with E-state index in [4.69, 9.17) is 18.9 Å². The fourth-order valence-corrected chi connectivity index (χ4v) is 2.25. The third kappa shape index (κ3) is 3.87. The average Bonchev–Trinajstić information content (AvgIpc) is 2.64. The summed E-state index contributed by atoms with van der Waals surface area (Å²) in [6.07, 6.45) is 3.15. The van der Waals surface area contributed by atoms with Crippen LogP contribution in [-0.4, -0.2) is 34.2 Å². The smallest absolute Gasteiger partial charge is 0.185 e. The lowest BCUT2D eigenvalue weighted by molar-refractivity contribution is 0.104. The zero-order valence-electron chi connectivity index (χ0n) is 14.2. The van der Waals surface area contributed by atoms with Gasteiger partial charge in [0, 0.05) is 17.2 Å². The van der Waals surface area contributed by atoms with Gasteiger partial charge in [-0.25, -0.2) is 0 Å². The molecule has 5 heteroatoms. The van der Waals surface area contributed by atoms with E-state index >= 15 is 0 Å². The SMILES string of the molecule is COc1cccc(C(=O)C=Cc2cc(OC)cc(OC)c2OC)c1. The molecule has 2 aromatic carbocycles. The summed E-state index contributed by atoms with van der Waals surface area (Å²) in [7, 11) is 6.22. The zero-order valence-corrected chi connectivity index (χ0v) is 14.2. The van der Waals surface area contributed by atoms with Crippen molar-refractivity contribution in [3.63, 3.8) is 0 Å². The number of methoxy groups -OCH3 is 4. The van der Waals surface area contributed by atoms with Crippen molar-refractivity contribution in [1.29, 1.82) is 0 Å². The van der Waals surface area contributed by atoms with Gasteiger partial charge in [-0.15, -0.1) is 0 Å². The Balaban J connectivity index is 2.34. The predicted octanol–water partition coefficient (Wildman–Crippen LogP) is 3.62. The topological polar surface area (TPSA) is 54.0 Å². The normalized spacial score (nSPS) is 10.5. The number of carbonyl (C=O) groups excluding carboxylic acids is 1. The van der Waals surface area contributed by atoms with Crippen LogP contribution in [0, 0.1) is 0 Å². The van der Waals surface area contributed by atoms with Gasteiger partial charge < -0.3 is 18.9 Å². The van der Waals surface area contributed by atoms with Gasteiger partial charge >= 0.3 is 0 Å². The standard InChI is InChI=1S/C19H20O5/c1-21-15-7-5-6-13(10-15)17(20)9-8-14-11-16(22-2)12-18(23-3)19(14)24-4/h5-12H,1-4H3. The van der Waals surface area contributed by atoms with Gasteiger partial charge in [-0.2, -0.15) is 0 Å². The summed E-state index contributed by atoms with van der Waals surface area (Å²) in [5.74, 6) is 2.17. The summed E-state index contributed by atoms with van der Waals surface area (Å²) >= 11 is 0. The quantitative estimate of drug-likeness (QED) is 0.574. The van der Waals surface area contributed by atoms with Gasteiger partial charge in [0.15, 0.2) is 17.3 Å². The van der Waals surface area contributed by atoms with E-state index in [1.165, 1.54) is 6.08 Å². The van der Waals surface area contributed by atoms with E-state index in [0.717, 1.165) is 0 Å². The molecule has 0 aliphatic heterocycles. The summed E-state index contributed by atoms with van der Waals surface area (Å²) in [5, 5.41) is 0. The summed E-state index contributed by atoms with van der Waals surface area (Å²) in [6, 6.07) is 10.5. The first kappa shape index (κ1) is 17.4. The second-order valence-electron chi connectivity index (χ2n) is 4.88. The predicted molar refractivity (Wildman–Crippen MR) is 92.5 cm³/mol. The van der Waals surface area contributed by atoms with Gasteiger partial charge in [0.05, 0.1) is 28.4 Å². The van der Waals surface area contributed by atoms with Crippen molar-refractivity contribution in [2.45, 2.75) is 0 Å². The Kier molecular flexibility index (Phi) is 5.84. The molecule has 0 aliphatic carbocycles. The highest BCUT2D eigenvalue weighted by Crippen LogP contribution is 2.36. The molecule has 0 bridgehead atoms. The van der Waals surface area contributed by atoms with Crippen LogP contribution in [0.4, 0.5) is 0 Å². The molecule has 0 unspecified atom stereocenters.